The van der Waals surface area contributed by atoms with E-state index in [-0.39, 0.29) is 12.6 Å². The lowest BCUT2D eigenvalue weighted by molar-refractivity contribution is -0.160. The fourth-order valence-electron chi connectivity index (χ4n) is 1.89. The van der Waals surface area contributed by atoms with Crippen LogP contribution in [0.2, 0.25) is 0 Å². The van der Waals surface area contributed by atoms with Crippen molar-refractivity contribution in [3.05, 3.63) is 0 Å². The molecule has 0 radical (unpaired) electrons. The molecule has 1 aliphatic carbocycles. The number of unbranched alkanes of at least 4 members (excludes halogenated alkanes) is 1. The number of amidine groups is 1. The molecule has 1 atom stereocenters. The summed E-state index contributed by atoms with van der Waals surface area (Å²) in [5.74, 6) is -2.65. The summed E-state index contributed by atoms with van der Waals surface area (Å²) >= 11 is 0. The van der Waals surface area contributed by atoms with Gasteiger partial charge < -0.3 is 10.9 Å². The van der Waals surface area contributed by atoms with E-state index < -0.39 is 17.9 Å². The van der Waals surface area contributed by atoms with E-state index in [1.165, 1.54) is 0 Å². The predicted molar refractivity (Wildman–Crippen MR) is 62.5 cm³/mol. The number of hydrogen-bond donors (Lipinski definition) is 2. The molecule has 1 fully saturated rings. The monoisotopic (exact) mass is 267 g/mol. The van der Waals surface area contributed by atoms with Gasteiger partial charge in [0.15, 0.2) is 5.84 Å². The quantitative estimate of drug-likeness (QED) is 0.321. The summed E-state index contributed by atoms with van der Waals surface area (Å²) < 4.78 is 38.5. The Bertz CT molecular complexity index is 290. The summed E-state index contributed by atoms with van der Waals surface area (Å²) in [7, 11) is 0. The first-order chi connectivity index (χ1) is 8.40. The molecule has 0 spiro atoms. The molecule has 7 heteroatoms. The SMILES string of the molecule is CCCCN(CC(C(N)=NO)C(F)(F)F)C1CC1. The van der Waals surface area contributed by atoms with Gasteiger partial charge in [0.1, 0.15) is 5.92 Å². The Kier molecular flexibility index (Phi) is 5.25. The second-order valence-electron chi connectivity index (χ2n) is 4.70. The third kappa shape index (κ3) is 4.36. The van der Waals surface area contributed by atoms with Crippen LogP contribution in [0, 0.1) is 5.92 Å². The molecule has 0 saturated heterocycles. The van der Waals surface area contributed by atoms with Gasteiger partial charge in [0.2, 0.25) is 0 Å². The van der Waals surface area contributed by atoms with Crippen LogP contribution in [0.5, 0.6) is 0 Å². The lowest BCUT2D eigenvalue weighted by Gasteiger charge is -2.28. The van der Waals surface area contributed by atoms with Crippen LogP contribution in [-0.2, 0) is 0 Å². The van der Waals surface area contributed by atoms with Gasteiger partial charge in [-0.15, -0.1) is 0 Å². The van der Waals surface area contributed by atoms with E-state index in [0.29, 0.717) is 6.54 Å². The third-order valence-electron chi connectivity index (χ3n) is 3.15. The highest BCUT2D eigenvalue weighted by atomic mass is 19.4. The summed E-state index contributed by atoms with van der Waals surface area (Å²) in [6.07, 6.45) is -0.814. The average molecular weight is 267 g/mol. The first-order valence-corrected chi connectivity index (χ1v) is 6.18. The zero-order valence-corrected chi connectivity index (χ0v) is 10.5. The molecule has 3 N–H and O–H groups in total. The summed E-state index contributed by atoms with van der Waals surface area (Å²) in [5.41, 5.74) is 5.15. The van der Waals surface area contributed by atoms with Gasteiger partial charge in [-0.3, -0.25) is 4.90 Å². The first-order valence-electron chi connectivity index (χ1n) is 6.18. The molecular formula is C11H20F3N3O. The first kappa shape index (κ1) is 15.1. The van der Waals surface area contributed by atoms with E-state index >= 15 is 0 Å². The molecule has 0 aromatic rings. The fourth-order valence-corrected chi connectivity index (χ4v) is 1.89. The molecule has 1 saturated carbocycles. The highest BCUT2D eigenvalue weighted by molar-refractivity contribution is 5.83. The number of hydrogen-bond acceptors (Lipinski definition) is 3. The number of halogens is 3. The number of oxime groups is 1. The minimum absolute atomic E-state index is 0.218. The topological polar surface area (TPSA) is 61.8 Å². The maximum atomic E-state index is 12.8. The van der Waals surface area contributed by atoms with E-state index in [1.54, 1.807) is 4.90 Å². The van der Waals surface area contributed by atoms with Crippen LogP contribution in [0.15, 0.2) is 5.16 Å². The van der Waals surface area contributed by atoms with Gasteiger partial charge in [-0.25, -0.2) is 0 Å². The standard InChI is InChI=1S/C11H20F3N3O/c1-2-3-6-17(8-4-5-8)7-9(10(15)16-18)11(12,13)14/h8-9,18H,2-7H2,1H3,(H2,15,16). The Balaban J connectivity index is 2.67. The van der Waals surface area contributed by atoms with Crippen LogP contribution in [-0.4, -0.2) is 41.3 Å². The molecule has 4 nitrogen and oxygen atoms in total. The maximum absolute atomic E-state index is 12.8. The van der Waals surface area contributed by atoms with Crippen molar-refractivity contribution >= 4 is 5.84 Å². The van der Waals surface area contributed by atoms with Crippen LogP contribution < -0.4 is 5.73 Å². The Morgan fingerprint density at radius 2 is 2.11 bits per heavy atom. The van der Waals surface area contributed by atoms with E-state index in [0.717, 1.165) is 25.7 Å². The van der Waals surface area contributed by atoms with Crippen molar-refractivity contribution in [1.82, 2.24) is 4.90 Å². The van der Waals surface area contributed by atoms with E-state index in [4.69, 9.17) is 10.9 Å². The Morgan fingerprint density at radius 1 is 1.50 bits per heavy atom. The van der Waals surface area contributed by atoms with Crippen molar-refractivity contribution in [2.45, 2.75) is 44.8 Å². The average Bonchev–Trinajstić information content (AvgIpc) is 3.11. The lowest BCUT2D eigenvalue weighted by atomic mass is 10.1. The van der Waals surface area contributed by atoms with Crippen molar-refractivity contribution in [3.63, 3.8) is 0 Å². The molecular weight excluding hydrogens is 247 g/mol. The van der Waals surface area contributed by atoms with Gasteiger partial charge in [-0.2, -0.15) is 13.2 Å². The Hall–Kier alpha value is -0.980. The van der Waals surface area contributed by atoms with Crippen molar-refractivity contribution in [2.24, 2.45) is 16.8 Å². The fraction of sp³-hybridized carbons (Fsp3) is 0.909. The number of alkyl halides is 3. The van der Waals surface area contributed by atoms with Gasteiger partial charge in [0.05, 0.1) is 0 Å². The van der Waals surface area contributed by atoms with Crippen molar-refractivity contribution in [1.29, 1.82) is 0 Å². The summed E-state index contributed by atoms with van der Waals surface area (Å²) in [6.45, 7) is 2.41. The minimum Gasteiger partial charge on any atom is -0.409 e. The molecule has 0 aromatic carbocycles. The van der Waals surface area contributed by atoms with Crippen molar-refractivity contribution < 1.29 is 18.4 Å². The normalized spacial score (nSPS) is 19.3. The van der Waals surface area contributed by atoms with E-state index in [1.807, 2.05) is 6.92 Å². The van der Waals surface area contributed by atoms with Crippen molar-refractivity contribution in [2.75, 3.05) is 13.1 Å². The van der Waals surface area contributed by atoms with Gasteiger partial charge in [0.25, 0.3) is 0 Å². The minimum atomic E-state index is -4.48. The van der Waals surface area contributed by atoms with Crippen molar-refractivity contribution in [3.8, 4) is 0 Å². The second-order valence-corrected chi connectivity index (χ2v) is 4.70. The molecule has 0 aromatic heterocycles. The molecule has 0 amide bonds. The summed E-state index contributed by atoms with van der Waals surface area (Å²) in [5, 5.41) is 11.0. The molecule has 1 rings (SSSR count). The maximum Gasteiger partial charge on any atom is 0.400 e. The Labute approximate surface area is 105 Å². The van der Waals surface area contributed by atoms with E-state index in [2.05, 4.69) is 5.16 Å². The largest absolute Gasteiger partial charge is 0.409 e. The van der Waals surface area contributed by atoms with Crippen LogP contribution in [0.25, 0.3) is 0 Å². The summed E-state index contributed by atoms with van der Waals surface area (Å²) in [4.78, 5) is 1.81. The van der Waals surface area contributed by atoms with Crippen LogP contribution >= 0.6 is 0 Å². The third-order valence-corrected chi connectivity index (χ3v) is 3.15. The van der Waals surface area contributed by atoms with Crippen LogP contribution in [0.4, 0.5) is 13.2 Å². The highest BCUT2D eigenvalue weighted by Gasteiger charge is 2.45. The van der Waals surface area contributed by atoms with Crippen LogP contribution in [0.3, 0.4) is 0 Å². The Morgan fingerprint density at radius 3 is 2.50 bits per heavy atom. The molecule has 106 valence electrons. The zero-order valence-electron chi connectivity index (χ0n) is 10.5. The predicted octanol–water partition coefficient (Wildman–Crippen LogP) is 2.18. The molecule has 1 aliphatic rings. The molecule has 0 bridgehead atoms. The highest BCUT2D eigenvalue weighted by Crippen LogP contribution is 2.32. The van der Waals surface area contributed by atoms with E-state index in [9.17, 15) is 13.2 Å². The molecule has 0 aliphatic heterocycles. The molecule has 18 heavy (non-hydrogen) atoms. The van der Waals surface area contributed by atoms with Gasteiger partial charge in [-0.05, 0) is 25.8 Å². The van der Waals surface area contributed by atoms with Gasteiger partial charge in [-0.1, -0.05) is 18.5 Å². The van der Waals surface area contributed by atoms with Crippen LogP contribution in [0.1, 0.15) is 32.6 Å². The van der Waals surface area contributed by atoms with Gasteiger partial charge >= 0.3 is 6.18 Å². The lowest BCUT2D eigenvalue weighted by Crippen LogP contribution is -2.45. The number of rotatable bonds is 7. The second kappa shape index (κ2) is 6.26. The number of nitrogens with two attached hydrogens (primary N) is 1. The smallest absolute Gasteiger partial charge is 0.400 e. The number of nitrogens with zero attached hydrogens (tertiary/aromatic N) is 2. The summed E-state index contributed by atoms with van der Waals surface area (Å²) in [6, 6.07) is 0.230. The zero-order chi connectivity index (χ0) is 13.8. The molecule has 0 heterocycles. The van der Waals surface area contributed by atoms with Gasteiger partial charge in [0, 0.05) is 12.6 Å². The molecule has 1 unspecified atom stereocenters.